The molecule has 0 N–H and O–H groups in total. The van der Waals surface area contributed by atoms with Gasteiger partial charge in [0.1, 0.15) is 12.6 Å². The molecule has 2 aromatic carbocycles. The summed E-state index contributed by atoms with van der Waals surface area (Å²) in [5.41, 5.74) is 2.79. The van der Waals surface area contributed by atoms with E-state index >= 15 is 0 Å². The number of imide groups is 1. The van der Waals surface area contributed by atoms with Crippen LogP contribution in [-0.2, 0) is 9.53 Å². The molecule has 1 atom stereocenters. The lowest BCUT2D eigenvalue weighted by Crippen LogP contribution is -2.47. The van der Waals surface area contributed by atoms with E-state index in [0.717, 1.165) is 16.2 Å². The van der Waals surface area contributed by atoms with Gasteiger partial charge < -0.3 is 14.5 Å². The largest absolute Gasteiger partial charge is 0.378 e. The molecule has 4 rings (SSSR count). The van der Waals surface area contributed by atoms with Crippen molar-refractivity contribution in [3.05, 3.63) is 65.2 Å². The van der Waals surface area contributed by atoms with Gasteiger partial charge in [-0.3, -0.25) is 19.3 Å². The number of benzene rings is 2. The summed E-state index contributed by atoms with van der Waals surface area (Å²) >= 11 is 0. The quantitative estimate of drug-likeness (QED) is 0.743. The lowest BCUT2D eigenvalue weighted by Gasteiger charge is -2.34. The number of anilines is 1. The zero-order chi connectivity index (χ0) is 20.5. The molecule has 0 bridgehead atoms. The van der Waals surface area contributed by atoms with Crippen LogP contribution >= 0.6 is 0 Å². The zero-order valence-corrected chi connectivity index (χ0v) is 16.5. The highest BCUT2D eigenvalue weighted by molar-refractivity contribution is 6.22. The Labute approximate surface area is 169 Å². The Morgan fingerprint density at radius 2 is 1.66 bits per heavy atom. The minimum atomic E-state index is -0.414. The van der Waals surface area contributed by atoms with Crippen LogP contribution in [0.1, 0.15) is 32.4 Å². The van der Waals surface area contributed by atoms with Gasteiger partial charge in [-0.1, -0.05) is 24.3 Å². The molecule has 2 aromatic rings. The van der Waals surface area contributed by atoms with Crippen LogP contribution in [0.25, 0.3) is 0 Å². The Hall–Kier alpha value is -3.19. The average molecular weight is 393 g/mol. The summed E-state index contributed by atoms with van der Waals surface area (Å²) in [6, 6.07) is 14.7. The third-order valence-electron chi connectivity index (χ3n) is 5.37. The lowest BCUT2D eigenvalue weighted by atomic mass is 10.1. The van der Waals surface area contributed by atoms with Crippen molar-refractivity contribution in [2.75, 3.05) is 45.2 Å². The molecule has 1 unspecified atom stereocenters. The number of amides is 3. The van der Waals surface area contributed by atoms with Crippen molar-refractivity contribution in [2.45, 2.75) is 6.10 Å². The highest BCUT2D eigenvalue weighted by Crippen LogP contribution is 2.26. The van der Waals surface area contributed by atoms with Crippen LogP contribution in [0.5, 0.6) is 0 Å². The van der Waals surface area contributed by atoms with Gasteiger partial charge in [-0.05, 0) is 29.8 Å². The third kappa shape index (κ3) is 3.61. The Kier molecular flexibility index (Phi) is 5.07. The van der Waals surface area contributed by atoms with E-state index < -0.39 is 11.8 Å². The molecule has 0 saturated carbocycles. The minimum absolute atomic E-state index is 0.230. The number of carbonyl (C=O) groups is 3. The Morgan fingerprint density at radius 1 is 1.03 bits per heavy atom. The van der Waals surface area contributed by atoms with E-state index in [1.807, 2.05) is 43.3 Å². The van der Waals surface area contributed by atoms with E-state index in [4.69, 9.17) is 4.74 Å². The average Bonchev–Trinajstić information content (AvgIpc) is 2.99. The molecule has 2 heterocycles. The van der Waals surface area contributed by atoms with Gasteiger partial charge in [-0.25, -0.2) is 0 Å². The number of fused-ring (bicyclic) bond motifs is 1. The van der Waals surface area contributed by atoms with Gasteiger partial charge in [0.2, 0.25) is 5.91 Å². The maximum absolute atomic E-state index is 12.8. The maximum Gasteiger partial charge on any atom is 0.262 e. The highest BCUT2D eigenvalue weighted by atomic mass is 16.5. The molecule has 150 valence electrons. The molecule has 0 radical (unpaired) electrons. The molecule has 29 heavy (non-hydrogen) atoms. The molecule has 0 aliphatic carbocycles. The first kappa shape index (κ1) is 19.1. The molecule has 3 amide bonds. The molecule has 0 spiro atoms. The Bertz CT molecular complexity index is 920. The van der Waals surface area contributed by atoms with Crippen molar-refractivity contribution < 1.29 is 19.1 Å². The van der Waals surface area contributed by atoms with Gasteiger partial charge in [0.15, 0.2) is 0 Å². The third-order valence-corrected chi connectivity index (χ3v) is 5.37. The first-order chi connectivity index (χ1) is 14.0. The summed E-state index contributed by atoms with van der Waals surface area (Å²) in [7, 11) is 3.96. The van der Waals surface area contributed by atoms with Crippen LogP contribution < -0.4 is 4.90 Å². The van der Waals surface area contributed by atoms with Crippen LogP contribution in [0.15, 0.2) is 48.5 Å². The van der Waals surface area contributed by atoms with Gasteiger partial charge in [0.25, 0.3) is 11.8 Å². The predicted octanol–water partition coefficient (Wildman–Crippen LogP) is 1.95. The van der Waals surface area contributed by atoms with Gasteiger partial charge in [-0.15, -0.1) is 0 Å². The molecule has 0 aromatic heterocycles. The molecule has 7 heteroatoms. The predicted molar refractivity (Wildman–Crippen MR) is 108 cm³/mol. The molecular weight excluding hydrogens is 370 g/mol. The molecule has 7 nitrogen and oxygen atoms in total. The second-order valence-corrected chi connectivity index (χ2v) is 7.43. The van der Waals surface area contributed by atoms with Crippen LogP contribution in [0.3, 0.4) is 0 Å². The van der Waals surface area contributed by atoms with Crippen molar-refractivity contribution in [3.63, 3.8) is 0 Å². The molecule has 2 aliphatic heterocycles. The van der Waals surface area contributed by atoms with Crippen LogP contribution in [0, 0.1) is 0 Å². The number of hydrogen-bond acceptors (Lipinski definition) is 5. The summed E-state index contributed by atoms with van der Waals surface area (Å²) in [6.07, 6.45) is -0.230. The van der Waals surface area contributed by atoms with Gasteiger partial charge in [-0.2, -0.15) is 0 Å². The maximum atomic E-state index is 12.8. The van der Waals surface area contributed by atoms with E-state index in [0.29, 0.717) is 30.8 Å². The molecule has 1 fully saturated rings. The van der Waals surface area contributed by atoms with E-state index in [9.17, 15) is 14.4 Å². The monoisotopic (exact) mass is 393 g/mol. The standard InChI is InChI=1S/C22H23N3O4/c1-23(2)16-9-7-15(8-10-16)19-13-24(11-12-29-19)20(26)14-25-21(27)17-5-3-4-6-18(17)22(25)28/h3-10,19H,11-14H2,1-2H3. The second kappa shape index (κ2) is 7.67. The van der Waals surface area contributed by atoms with Crippen molar-refractivity contribution >= 4 is 23.4 Å². The summed E-state index contributed by atoms with van der Waals surface area (Å²) in [4.78, 5) is 42.6. The van der Waals surface area contributed by atoms with Gasteiger partial charge in [0.05, 0.1) is 24.3 Å². The first-order valence-corrected chi connectivity index (χ1v) is 9.57. The normalized spacial score (nSPS) is 18.8. The fourth-order valence-electron chi connectivity index (χ4n) is 3.68. The SMILES string of the molecule is CN(C)c1ccc(C2CN(C(=O)CN3C(=O)c4ccccc4C3=O)CCO2)cc1. The van der Waals surface area contributed by atoms with Crippen LogP contribution in [0.4, 0.5) is 5.69 Å². The number of ether oxygens (including phenoxy) is 1. The fourth-order valence-corrected chi connectivity index (χ4v) is 3.68. The Balaban J connectivity index is 1.43. The van der Waals surface area contributed by atoms with E-state index in [2.05, 4.69) is 0 Å². The molecular formula is C22H23N3O4. The van der Waals surface area contributed by atoms with Crippen LogP contribution in [0.2, 0.25) is 0 Å². The molecule has 2 aliphatic rings. The van der Waals surface area contributed by atoms with Crippen molar-refractivity contribution in [1.29, 1.82) is 0 Å². The highest BCUT2D eigenvalue weighted by Gasteiger charge is 2.37. The summed E-state index contributed by atoms with van der Waals surface area (Å²) < 4.78 is 5.85. The van der Waals surface area contributed by atoms with Crippen molar-refractivity contribution in [2.24, 2.45) is 0 Å². The first-order valence-electron chi connectivity index (χ1n) is 9.57. The number of rotatable bonds is 4. The second-order valence-electron chi connectivity index (χ2n) is 7.43. The van der Waals surface area contributed by atoms with Crippen molar-refractivity contribution in [1.82, 2.24) is 9.80 Å². The molecule has 1 saturated heterocycles. The van der Waals surface area contributed by atoms with Gasteiger partial charge in [0, 0.05) is 26.3 Å². The summed E-state index contributed by atoms with van der Waals surface area (Å²) in [5, 5.41) is 0. The zero-order valence-electron chi connectivity index (χ0n) is 16.5. The number of carbonyl (C=O) groups excluding carboxylic acids is 3. The van der Waals surface area contributed by atoms with Crippen molar-refractivity contribution in [3.8, 4) is 0 Å². The van der Waals surface area contributed by atoms with Gasteiger partial charge >= 0.3 is 0 Å². The smallest absolute Gasteiger partial charge is 0.262 e. The van der Waals surface area contributed by atoms with E-state index in [-0.39, 0.29) is 18.6 Å². The topological polar surface area (TPSA) is 70.2 Å². The lowest BCUT2D eigenvalue weighted by molar-refractivity contribution is -0.139. The number of nitrogens with zero attached hydrogens (tertiary/aromatic N) is 3. The Morgan fingerprint density at radius 3 is 2.24 bits per heavy atom. The summed E-state index contributed by atoms with van der Waals surface area (Å²) in [6.45, 7) is 0.990. The van der Waals surface area contributed by atoms with E-state index in [1.165, 1.54) is 0 Å². The number of hydrogen-bond donors (Lipinski definition) is 0. The van der Waals surface area contributed by atoms with E-state index in [1.54, 1.807) is 29.2 Å². The van der Waals surface area contributed by atoms with Crippen LogP contribution in [-0.4, -0.2) is 67.9 Å². The fraction of sp³-hybridized carbons (Fsp3) is 0.318. The number of morpholine rings is 1. The summed E-state index contributed by atoms with van der Waals surface area (Å²) in [5.74, 6) is -1.08. The minimum Gasteiger partial charge on any atom is -0.378 e.